The molecule has 0 bridgehead atoms. The first-order valence-corrected chi connectivity index (χ1v) is 6.06. The highest BCUT2D eigenvalue weighted by atomic mass is 32.2. The smallest absolute Gasteiger partial charge is 0.0300 e. The molecule has 1 fully saturated rings. The first-order chi connectivity index (χ1) is 6.45. The van der Waals surface area contributed by atoms with Gasteiger partial charge < -0.3 is 0 Å². The first kappa shape index (κ1) is 7.93. The fourth-order valence-electron chi connectivity index (χ4n) is 2.62. The third kappa shape index (κ3) is 1.21. The molecule has 3 rings (SSSR count). The fourth-order valence-corrected chi connectivity index (χ4v) is 4.36. The number of fused-ring (bicyclic) bond motifs is 3. The van der Waals surface area contributed by atoms with Gasteiger partial charge in [-0.3, -0.25) is 0 Å². The van der Waals surface area contributed by atoms with Crippen LogP contribution in [0.5, 0.6) is 0 Å². The molecule has 1 aliphatic heterocycles. The second-order valence-corrected chi connectivity index (χ2v) is 5.49. The summed E-state index contributed by atoms with van der Waals surface area (Å²) in [7, 11) is 0. The summed E-state index contributed by atoms with van der Waals surface area (Å²) >= 11 is 2.21. The maximum atomic E-state index is 2.37. The topological polar surface area (TPSA) is 0 Å². The lowest BCUT2D eigenvalue weighted by Crippen LogP contribution is -2.15. The van der Waals surface area contributed by atoms with Gasteiger partial charge in [-0.25, -0.2) is 0 Å². The Morgan fingerprint density at radius 2 is 2.00 bits per heavy atom. The Hall–Kier alpha value is -0.430. The van der Waals surface area contributed by atoms with Crippen LogP contribution in [0.15, 0.2) is 36.0 Å². The highest BCUT2D eigenvalue weighted by molar-refractivity contribution is 8.01. The Balaban J connectivity index is 1.93. The molecule has 0 N–H and O–H groups in total. The van der Waals surface area contributed by atoms with Gasteiger partial charge in [0.1, 0.15) is 0 Å². The Morgan fingerprint density at radius 3 is 3.00 bits per heavy atom. The molecule has 2 aliphatic carbocycles. The van der Waals surface area contributed by atoms with Crippen LogP contribution in [-0.4, -0.2) is 10.5 Å². The van der Waals surface area contributed by atoms with E-state index in [4.69, 9.17) is 0 Å². The number of rotatable bonds is 0. The SMILES string of the molecule is C1=CCC2SC3CC=CCC3C2=C1. The number of hydrogen-bond donors (Lipinski definition) is 0. The van der Waals surface area contributed by atoms with E-state index in [0.29, 0.717) is 0 Å². The van der Waals surface area contributed by atoms with Crippen LogP contribution in [0.25, 0.3) is 0 Å². The lowest BCUT2D eigenvalue weighted by Gasteiger charge is -2.20. The first-order valence-electron chi connectivity index (χ1n) is 5.12. The Bertz CT molecular complexity index is 298. The summed E-state index contributed by atoms with van der Waals surface area (Å²) in [5, 5.41) is 1.71. The molecule has 0 spiro atoms. The van der Waals surface area contributed by atoms with Crippen LogP contribution >= 0.6 is 11.8 Å². The van der Waals surface area contributed by atoms with Crippen molar-refractivity contribution >= 4 is 11.8 Å². The maximum Gasteiger partial charge on any atom is 0.0300 e. The van der Waals surface area contributed by atoms with Crippen LogP contribution in [0.2, 0.25) is 0 Å². The molecule has 3 unspecified atom stereocenters. The van der Waals surface area contributed by atoms with Crippen LogP contribution in [0.3, 0.4) is 0 Å². The average Bonchev–Trinajstić information content (AvgIpc) is 2.56. The van der Waals surface area contributed by atoms with Crippen molar-refractivity contribution in [2.24, 2.45) is 5.92 Å². The molecule has 0 radical (unpaired) electrons. The summed E-state index contributed by atoms with van der Waals surface area (Å²) in [4.78, 5) is 0. The predicted molar refractivity (Wildman–Crippen MR) is 58.9 cm³/mol. The van der Waals surface area contributed by atoms with Crippen molar-refractivity contribution in [1.29, 1.82) is 0 Å². The highest BCUT2D eigenvalue weighted by Gasteiger charge is 2.38. The molecule has 13 heavy (non-hydrogen) atoms. The summed E-state index contributed by atoms with van der Waals surface area (Å²) in [5.41, 5.74) is 1.72. The minimum absolute atomic E-state index is 0.819. The van der Waals surface area contributed by atoms with E-state index in [1.54, 1.807) is 5.57 Å². The van der Waals surface area contributed by atoms with Crippen LogP contribution in [0, 0.1) is 5.92 Å². The number of allylic oxidation sites excluding steroid dienone is 5. The molecule has 0 nitrogen and oxygen atoms in total. The molecule has 3 atom stereocenters. The molecule has 0 aromatic heterocycles. The molecule has 0 aromatic carbocycles. The zero-order valence-corrected chi connectivity index (χ0v) is 8.46. The van der Waals surface area contributed by atoms with Gasteiger partial charge in [-0.2, -0.15) is 0 Å². The summed E-state index contributed by atoms with van der Waals surface area (Å²) in [6.45, 7) is 0. The van der Waals surface area contributed by atoms with Crippen molar-refractivity contribution < 1.29 is 0 Å². The summed E-state index contributed by atoms with van der Waals surface area (Å²) in [6.07, 6.45) is 15.5. The Morgan fingerprint density at radius 1 is 1.08 bits per heavy atom. The molecule has 0 amide bonds. The van der Waals surface area contributed by atoms with Crippen LogP contribution in [0.1, 0.15) is 19.3 Å². The lowest BCUT2D eigenvalue weighted by molar-refractivity contribution is 0.577. The largest absolute Gasteiger partial charge is 0.149 e. The standard InChI is InChI=1S/C12H14S/c1-3-7-11-9(5-1)10-6-2-4-8-12(10)13-11/h1-5,10-12H,6-8H2. The van der Waals surface area contributed by atoms with Crippen molar-refractivity contribution in [3.63, 3.8) is 0 Å². The summed E-state index contributed by atoms with van der Waals surface area (Å²) < 4.78 is 0. The van der Waals surface area contributed by atoms with E-state index in [9.17, 15) is 0 Å². The maximum absolute atomic E-state index is 2.37. The van der Waals surface area contributed by atoms with E-state index in [1.807, 2.05) is 0 Å². The molecule has 0 aromatic rings. The molecule has 1 heteroatoms. The van der Waals surface area contributed by atoms with Crippen LogP contribution < -0.4 is 0 Å². The number of hydrogen-bond acceptors (Lipinski definition) is 1. The second-order valence-electron chi connectivity index (χ2n) is 4.04. The van der Waals surface area contributed by atoms with E-state index in [2.05, 4.69) is 42.1 Å². The van der Waals surface area contributed by atoms with Crippen molar-refractivity contribution in [1.82, 2.24) is 0 Å². The van der Waals surface area contributed by atoms with Gasteiger partial charge in [0.15, 0.2) is 0 Å². The van der Waals surface area contributed by atoms with Gasteiger partial charge in [0.05, 0.1) is 0 Å². The normalized spacial score (nSPS) is 41.2. The molecule has 1 heterocycles. The van der Waals surface area contributed by atoms with Gasteiger partial charge >= 0.3 is 0 Å². The van der Waals surface area contributed by atoms with Gasteiger partial charge in [0, 0.05) is 10.5 Å². The molecule has 68 valence electrons. The van der Waals surface area contributed by atoms with Crippen molar-refractivity contribution in [2.45, 2.75) is 29.8 Å². The Kier molecular flexibility index (Phi) is 1.86. The van der Waals surface area contributed by atoms with E-state index >= 15 is 0 Å². The average molecular weight is 190 g/mol. The molecule has 3 aliphatic rings. The van der Waals surface area contributed by atoms with Gasteiger partial charge in [-0.15, -0.1) is 11.8 Å². The van der Waals surface area contributed by atoms with Crippen LogP contribution in [-0.2, 0) is 0 Å². The summed E-state index contributed by atoms with van der Waals surface area (Å²) in [6, 6.07) is 0. The lowest BCUT2D eigenvalue weighted by atomic mass is 9.84. The van der Waals surface area contributed by atoms with Crippen molar-refractivity contribution in [3.8, 4) is 0 Å². The second kappa shape index (κ2) is 3.06. The molecule has 1 saturated heterocycles. The molecule has 0 saturated carbocycles. The van der Waals surface area contributed by atoms with Gasteiger partial charge in [0.2, 0.25) is 0 Å². The van der Waals surface area contributed by atoms with Gasteiger partial charge in [0.25, 0.3) is 0 Å². The number of thioether (sulfide) groups is 1. The molecular formula is C12H14S. The van der Waals surface area contributed by atoms with Gasteiger partial charge in [-0.05, 0) is 25.2 Å². The zero-order valence-electron chi connectivity index (χ0n) is 7.65. The van der Waals surface area contributed by atoms with Crippen molar-refractivity contribution in [2.75, 3.05) is 0 Å². The minimum Gasteiger partial charge on any atom is -0.149 e. The Labute approximate surface area is 83.8 Å². The van der Waals surface area contributed by atoms with E-state index < -0.39 is 0 Å². The van der Waals surface area contributed by atoms with E-state index in [1.165, 1.54) is 19.3 Å². The quantitative estimate of drug-likeness (QED) is 0.528. The fraction of sp³-hybridized carbons (Fsp3) is 0.500. The van der Waals surface area contributed by atoms with E-state index in [0.717, 1.165) is 16.4 Å². The highest BCUT2D eigenvalue weighted by Crippen LogP contribution is 2.49. The van der Waals surface area contributed by atoms with Crippen molar-refractivity contribution in [3.05, 3.63) is 36.0 Å². The van der Waals surface area contributed by atoms with E-state index in [-0.39, 0.29) is 0 Å². The monoisotopic (exact) mass is 190 g/mol. The van der Waals surface area contributed by atoms with Gasteiger partial charge in [-0.1, -0.05) is 36.0 Å². The predicted octanol–water partition coefficient (Wildman–Crippen LogP) is 3.32. The van der Waals surface area contributed by atoms with Crippen LogP contribution in [0.4, 0.5) is 0 Å². The zero-order chi connectivity index (χ0) is 8.67. The minimum atomic E-state index is 0.819. The third-order valence-electron chi connectivity index (χ3n) is 3.29. The third-order valence-corrected chi connectivity index (χ3v) is 4.95. The molecular weight excluding hydrogens is 176 g/mol. The summed E-state index contributed by atoms with van der Waals surface area (Å²) in [5.74, 6) is 0.866.